The first-order valence-electron chi connectivity index (χ1n) is 12.0. The number of rotatable bonds is 8. The van der Waals surface area contributed by atoms with E-state index >= 15 is 0 Å². The van der Waals surface area contributed by atoms with Crippen LogP contribution in [0.3, 0.4) is 0 Å². The third-order valence-corrected chi connectivity index (χ3v) is 6.37. The number of aromatic hydroxyl groups is 1. The molecular weight excluding hydrogens is 524 g/mol. The molecule has 0 spiro atoms. The van der Waals surface area contributed by atoms with Gasteiger partial charge in [0, 0.05) is 23.5 Å². The van der Waals surface area contributed by atoms with Crippen LogP contribution >= 0.6 is 12.2 Å². The summed E-state index contributed by atoms with van der Waals surface area (Å²) in [5.74, 6) is -1.48. The number of benzene rings is 3. The Morgan fingerprint density at radius 1 is 1.08 bits per heavy atom. The summed E-state index contributed by atoms with van der Waals surface area (Å²) in [5, 5.41) is 17.7. The number of ether oxygens (including phenoxy) is 2. The predicted molar refractivity (Wildman–Crippen MR) is 147 cm³/mol. The zero-order valence-electron chi connectivity index (χ0n) is 21.6. The summed E-state index contributed by atoms with van der Waals surface area (Å²) >= 11 is 5.31. The lowest BCUT2D eigenvalue weighted by Gasteiger charge is -2.26. The molecule has 0 aromatic heterocycles. The van der Waals surface area contributed by atoms with E-state index in [1.165, 1.54) is 16.1 Å². The molecule has 13 heteroatoms. The van der Waals surface area contributed by atoms with Crippen LogP contribution in [0.15, 0.2) is 54.6 Å². The number of fused-ring (bicyclic) bond motifs is 1. The molecule has 2 amide bonds. The van der Waals surface area contributed by atoms with Gasteiger partial charge in [0.15, 0.2) is 0 Å². The van der Waals surface area contributed by atoms with E-state index in [4.69, 9.17) is 21.7 Å². The largest absolute Gasteiger partial charge is 0.506 e. The number of hydrazine groups is 3. The number of para-hydroxylation sites is 1. The van der Waals surface area contributed by atoms with Gasteiger partial charge < -0.3 is 19.9 Å². The highest BCUT2D eigenvalue weighted by Gasteiger charge is 2.29. The molecular formula is C26H28N6O6S. The summed E-state index contributed by atoms with van der Waals surface area (Å²) < 4.78 is 10.7. The van der Waals surface area contributed by atoms with Gasteiger partial charge in [0.1, 0.15) is 24.7 Å². The summed E-state index contributed by atoms with van der Waals surface area (Å²) in [7, 11) is 1.68. The number of carbonyl (C=O) groups excluding carboxylic acids is 3. The Morgan fingerprint density at radius 3 is 2.44 bits per heavy atom. The van der Waals surface area contributed by atoms with Crippen molar-refractivity contribution in [3.05, 3.63) is 65.7 Å². The fourth-order valence-electron chi connectivity index (χ4n) is 3.86. The number of esters is 1. The molecule has 4 N–H and O–H groups in total. The minimum atomic E-state index is -0.900. The minimum Gasteiger partial charge on any atom is -0.506 e. The summed E-state index contributed by atoms with van der Waals surface area (Å²) in [5.41, 5.74) is 6.86. The molecule has 0 radical (unpaired) electrons. The third-order valence-electron chi connectivity index (χ3n) is 5.88. The molecule has 1 saturated heterocycles. The van der Waals surface area contributed by atoms with Crippen LogP contribution in [-0.2, 0) is 9.53 Å². The molecule has 1 aliphatic rings. The Kier molecular flexibility index (Phi) is 8.44. The number of aryl methyl sites for hydroxylation is 1. The Hall–Kier alpha value is -4.46. The summed E-state index contributed by atoms with van der Waals surface area (Å²) in [6, 6.07) is 15.1. The van der Waals surface area contributed by atoms with E-state index in [-0.39, 0.29) is 30.3 Å². The number of nitrogens with zero attached hydrogens (tertiary/aromatic N) is 3. The first-order valence-corrected chi connectivity index (χ1v) is 12.4. The average Bonchev–Trinajstić information content (AvgIpc) is 3.23. The minimum absolute atomic E-state index is 0.0180. The molecule has 4 rings (SSSR count). The number of nitrogens with one attached hydrogen (secondary N) is 3. The van der Waals surface area contributed by atoms with E-state index in [0.717, 1.165) is 10.5 Å². The fraction of sp³-hybridized carbons (Fsp3) is 0.231. The zero-order chi connectivity index (χ0) is 28.1. The molecule has 0 aliphatic carbocycles. The summed E-state index contributed by atoms with van der Waals surface area (Å²) in [6.07, 6.45) is -0.900. The van der Waals surface area contributed by atoms with E-state index in [1.807, 2.05) is 19.1 Å². The van der Waals surface area contributed by atoms with Crippen molar-refractivity contribution < 1.29 is 29.0 Å². The standard InChI is InChI=1S/C26H28N6O6S/c1-4-37-22(33)14-31(15-32-25(39)30(3)28-29-32)26(36)38-21-13-19(23(34)18-11-7-6-10-17(18)21)24(35)27-20-12-8-5-9-16(20)2/h5-13,28-29,34H,4,14-15H2,1-3H3,(H,27,35). The summed E-state index contributed by atoms with van der Waals surface area (Å²) in [4.78, 5) is 39.9. The van der Waals surface area contributed by atoms with Crippen molar-refractivity contribution >= 4 is 51.8 Å². The molecule has 39 heavy (non-hydrogen) atoms. The van der Waals surface area contributed by atoms with E-state index < -0.39 is 24.5 Å². The number of amides is 2. The molecule has 0 saturated carbocycles. The van der Waals surface area contributed by atoms with Gasteiger partial charge in [0.05, 0.1) is 12.2 Å². The van der Waals surface area contributed by atoms with Crippen LogP contribution in [0.1, 0.15) is 22.8 Å². The van der Waals surface area contributed by atoms with Gasteiger partial charge in [-0.3, -0.25) is 19.5 Å². The SMILES string of the molecule is CCOC(=O)CN(CN1NNN(C)C1=S)C(=O)Oc1cc(C(=O)Nc2ccccc2C)c(O)c2ccccc12. The lowest BCUT2D eigenvalue weighted by Crippen LogP contribution is -2.50. The molecule has 3 aromatic rings. The topological polar surface area (TPSA) is 136 Å². The lowest BCUT2D eigenvalue weighted by atomic mass is 10.0. The number of hydrogen-bond donors (Lipinski definition) is 4. The Morgan fingerprint density at radius 2 is 1.77 bits per heavy atom. The van der Waals surface area contributed by atoms with E-state index in [0.29, 0.717) is 21.6 Å². The molecule has 204 valence electrons. The zero-order valence-corrected chi connectivity index (χ0v) is 22.4. The van der Waals surface area contributed by atoms with Crippen LogP contribution in [0, 0.1) is 6.92 Å². The second-order valence-corrected chi connectivity index (χ2v) is 8.96. The van der Waals surface area contributed by atoms with Gasteiger partial charge >= 0.3 is 12.1 Å². The second-order valence-electron chi connectivity index (χ2n) is 8.59. The van der Waals surface area contributed by atoms with Crippen molar-refractivity contribution in [2.45, 2.75) is 13.8 Å². The van der Waals surface area contributed by atoms with Gasteiger partial charge in [-0.15, -0.1) is 11.1 Å². The Labute approximate surface area is 230 Å². The third kappa shape index (κ3) is 6.17. The van der Waals surface area contributed by atoms with Crippen LogP contribution in [0.5, 0.6) is 11.5 Å². The highest BCUT2D eigenvalue weighted by atomic mass is 32.1. The number of phenolic OH excluding ortho intramolecular Hbond substituents is 1. The second kappa shape index (κ2) is 11.9. The van der Waals surface area contributed by atoms with Crippen LogP contribution in [0.4, 0.5) is 10.5 Å². The predicted octanol–water partition coefficient (Wildman–Crippen LogP) is 2.88. The van der Waals surface area contributed by atoms with E-state index in [1.54, 1.807) is 50.4 Å². The number of phenols is 1. The Bertz CT molecular complexity index is 1430. The molecule has 0 atom stereocenters. The lowest BCUT2D eigenvalue weighted by molar-refractivity contribution is -0.144. The number of hydrogen-bond acceptors (Lipinski definition) is 9. The molecule has 1 fully saturated rings. The van der Waals surface area contributed by atoms with Crippen molar-refractivity contribution in [1.82, 2.24) is 26.0 Å². The van der Waals surface area contributed by atoms with Gasteiger partial charge in [-0.2, -0.15) is 0 Å². The van der Waals surface area contributed by atoms with Gasteiger partial charge in [0.2, 0.25) is 5.11 Å². The van der Waals surface area contributed by atoms with Gasteiger partial charge in [-0.25, -0.2) is 9.80 Å². The van der Waals surface area contributed by atoms with Crippen molar-refractivity contribution in [3.8, 4) is 11.5 Å². The molecule has 1 heterocycles. The van der Waals surface area contributed by atoms with Crippen molar-refractivity contribution in [1.29, 1.82) is 0 Å². The molecule has 0 unspecified atom stereocenters. The molecule has 12 nitrogen and oxygen atoms in total. The smallest absolute Gasteiger partial charge is 0.417 e. The van der Waals surface area contributed by atoms with Crippen molar-refractivity contribution in [3.63, 3.8) is 0 Å². The molecule has 0 bridgehead atoms. The molecule has 1 aliphatic heterocycles. The van der Waals surface area contributed by atoms with Gasteiger partial charge in [-0.1, -0.05) is 42.5 Å². The van der Waals surface area contributed by atoms with Crippen LogP contribution < -0.4 is 21.1 Å². The number of carbonyl (C=O) groups is 3. The highest BCUT2D eigenvalue weighted by molar-refractivity contribution is 7.80. The summed E-state index contributed by atoms with van der Waals surface area (Å²) in [6.45, 7) is 3.05. The quantitative estimate of drug-likeness (QED) is 0.243. The normalized spacial score (nSPS) is 12.9. The highest BCUT2D eigenvalue weighted by Crippen LogP contribution is 2.37. The maximum atomic E-state index is 13.4. The maximum absolute atomic E-state index is 13.4. The van der Waals surface area contributed by atoms with E-state index in [2.05, 4.69) is 16.4 Å². The van der Waals surface area contributed by atoms with Crippen LogP contribution in [0.2, 0.25) is 0 Å². The van der Waals surface area contributed by atoms with Crippen molar-refractivity contribution in [2.24, 2.45) is 0 Å². The fourth-order valence-corrected chi connectivity index (χ4v) is 4.01. The van der Waals surface area contributed by atoms with Crippen molar-refractivity contribution in [2.75, 3.05) is 32.2 Å². The van der Waals surface area contributed by atoms with Crippen LogP contribution in [-0.4, -0.2) is 70.0 Å². The first kappa shape index (κ1) is 27.6. The van der Waals surface area contributed by atoms with Gasteiger partial charge in [0.25, 0.3) is 5.91 Å². The average molecular weight is 553 g/mol. The van der Waals surface area contributed by atoms with Gasteiger partial charge in [-0.05, 0) is 43.8 Å². The number of thiocarbonyl (C=S) groups is 1. The Balaban J connectivity index is 1.66. The maximum Gasteiger partial charge on any atom is 0.417 e. The van der Waals surface area contributed by atoms with E-state index in [9.17, 15) is 19.5 Å². The first-order chi connectivity index (χ1) is 18.7. The molecule has 3 aromatic carbocycles. The number of anilines is 1. The monoisotopic (exact) mass is 552 g/mol. The van der Waals surface area contributed by atoms with Crippen LogP contribution in [0.25, 0.3) is 10.8 Å².